The van der Waals surface area contributed by atoms with Crippen molar-refractivity contribution in [2.75, 3.05) is 0 Å². The molecule has 1 rings (SSSR count). The molecule has 5 heteroatoms. The first-order chi connectivity index (χ1) is 7.52. The lowest BCUT2D eigenvalue weighted by Crippen LogP contribution is -2.06. The number of hydrogen-bond acceptors (Lipinski definition) is 2. The van der Waals surface area contributed by atoms with Crippen molar-refractivity contribution in [1.29, 1.82) is 5.26 Å². The van der Waals surface area contributed by atoms with Crippen LogP contribution in [-0.4, -0.2) is 11.1 Å². The molecule has 0 aliphatic rings. The van der Waals surface area contributed by atoms with Crippen molar-refractivity contribution < 1.29 is 18.7 Å². The molecule has 0 aliphatic carbocycles. The van der Waals surface area contributed by atoms with Crippen molar-refractivity contribution in [2.45, 2.75) is 19.8 Å². The summed E-state index contributed by atoms with van der Waals surface area (Å²) >= 11 is 0. The zero-order chi connectivity index (χ0) is 12.3. The summed E-state index contributed by atoms with van der Waals surface area (Å²) < 4.78 is 25.2. The molecule has 84 valence electrons. The lowest BCUT2D eigenvalue weighted by Gasteiger charge is -2.10. The highest BCUT2D eigenvalue weighted by Gasteiger charge is 2.20. The quantitative estimate of drug-likeness (QED) is 0.860. The van der Waals surface area contributed by atoms with Crippen molar-refractivity contribution in [3.63, 3.8) is 0 Å². The van der Waals surface area contributed by atoms with Crippen LogP contribution in [0.5, 0.6) is 0 Å². The maximum absolute atomic E-state index is 12.6. The number of hydrogen-bond donors (Lipinski definition) is 1. The van der Waals surface area contributed by atoms with E-state index >= 15 is 0 Å². The van der Waals surface area contributed by atoms with Crippen LogP contribution < -0.4 is 0 Å². The molecule has 0 aromatic heterocycles. The van der Waals surface area contributed by atoms with E-state index in [2.05, 4.69) is 0 Å². The van der Waals surface area contributed by atoms with E-state index in [4.69, 9.17) is 10.4 Å². The van der Waals surface area contributed by atoms with Gasteiger partial charge in [-0.15, -0.1) is 0 Å². The predicted molar refractivity (Wildman–Crippen MR) is 52.5 cm³/mol. The molecule has 16 heavy (non-hydrogen) atoms. The summed E-state index contributed by atoms with van der Waals surface area (Å²) in [5, 5.41) is 17.6. The monoisotopic (exact) mass is 225 g/mol. The number of rotatable bonds is 3. The molecule has 0 unspecified atom stereocenters. The first-order valence-electron chi connectivity index (χ1n) is 4.60. The Labute approximate surface area is 90.9 Å². The number of halogens is 2. The van der Waals surface area contributed by atoms with Gasteiger partial charge in [0.15, 0.2) is 0 Å². The number of nitriles is 1. The fourth-order valence-electron chi connectivity index (χ4n) is 1.56. The second-order valence-corrected chi connectivity index (χ2v) is 3.13. The van der Waals surface area contributed by atoms with E-state index in [1.165, 1.54) is 0 Å². The van der Waals surface area contributed by atoms with E-state index in [1.54, 1.807) is 13.0 Å². The Morgan fingerprint density at radius 2 is 2.19 bits per heavy atom. The van der Waals surface area contributed by atoms with Gasteiger partial charge in [0.2, 0.25) is 0 Å². The lowest BCUT2D eigenvalue weighted by atomic mass is 9.95. The number of aromatic carboxylic acids is 1. The van der Waals surface area contributed by atoms with Gasteiger partial charge in [0, 0.05) is 5.56 Å². The normalized spacial score (nSPS) is 10.2. The molecule has 0 fully saturated rings. The molecule has 0 heterocycles. The lowest BCUT2D eigenvalue weighted by molar-refractivity contribution is 0.0696. The van der Waals surface area contributed by atoms with Crippen LogP contribution in [0.25, 0.3) is 0 Å². The van der Waals surface area contributed by atoms with Crippen LogP contribution in [0.2, 0.25) is 0 Å². The highest BCUT2D eigenvalue weighted by Crippen LogP contribution is 2.27. The molecular formula is C11H9F2NO2. The van der Waals surface area contributed by atoms with E-state index in [9.17, 15) is 13.6 Å². The maximum atomic E-state index is 12.6. The number of nitrogens with zero attached hydrogens (tertiary/aromatic N) is 1. The number of carboxylic acid groups (broad SMARTS) is 1. The fourth-order valence-corrected chi connectivity index (χ4v) is 1.56. The van der Waals surface area contributed by atoms with Crippen LogP contribution in [0.3, 0.4) is 0 Å². The fraction of sp³-hybridized carbons (Fsp3) is 0.273. The molecule has 1 N–H and O–H groups in total. The topological polar surface area (TPSA) is 61.1 Å². The largest absolute Gasteiger partial charge is 0.478 e. The van der Waals surface area contributed by atoms with Gasteiger partial charge in [-0.05, 0) is 18.1 Å². The van der Waals surface area contributed by atoms with E-state index in [-0.39, 0.29) is 28.7 Å². The minimum atomic E-state index is -2.70. The van der Waals surface area contributed by atoms with Gasteiger partial charge in [-0.25, -0.2) is 13.6 Å². The summed E-state index contributed by atoms with van der Waals surface area (Å²) in [6.45, 7) is 1.60. The zero-order valence-electron chi connectivity index (χ0n) is 8.50. The summed E-state index contributed by atoms with van der Waals surface area (Å²) in [5.41, 5.74) is -0.571. The minimum Gasteiger partial charge on any atom is -0.478 e. The molecule has 1 aromatic carbocycles. The Balaban J connectivity index is 3.54. The highest BCUT2D eigenvalue weighted by molar-refractivity contribution is 5.91. The molecule has 0 atom stereocenters. The molecule has 0 spiro atoms. The summed E-state index contributed by atoms with van der Waals surface area (Å²) in [7, 11) is 0. The Bertz CT molecular complexity index is 464. The number of alkyl halides is 2. The molecule has 0 aliphatic heterocycles. The SMILES string of the molecule is CCc1c(C(F)F)ccc(C(=O)O)c1C#N. The smallest absolute Gasteiger partial charge is 0.337 e. The second-order valence-electron chi connectivity index (χ2n) is 3.13. The Morgan fingerprint density at radius 1 is 1.56 bits per heavy atom. The van der Waals surface area contributed by atoms with Gasteiger partial charge >= 0.3 is 5.97 Å². The summed E-state index contributed by atoms with van der Waals surface area (Å²) in [5.74, 6) is -1.29. The molecule has 0 saturated carbocycles. The van der Waals surface area contributed by atoms with Crippen LogP contribution in [-0.2, 0) is 6.42 Å². The third kappa shape index (κ3) is 2.01. The molecule has 0 saturated heterocycles. The van der Waals surface area contributed by atoms with E-state index in [1.807, 2.05) is 0 Å². The molecule has 0 radical (unpaired) electrons. The molecule has 3 nitrogen and oxygen atoms in total. The molecule has 1 aromatic rings. The van der Waals surface area contributed by atoms with Gasteiger partial charge in [0.05, 0.1) is 11.1 Å². The van der Waals surface area contributed by atoms with E-state index in [0.717, 1.165) is 12.1 Å². The van der Waals surface area contributed by atoms with Crippen molar-refractivity contribution >= 4 is 5.97 Å². The second kappa shape index (κ2) is 4.71. The number of benzene rings is 1. The molecule has 0 bridgehead atoms. The minimum absolute atomic E-state index is 0.109. The van der Waals surface area contributed by atoms with E-state index < -0.39 is 12.4 Å². The first kappa shape index (κ1) is 12.1. The Hall–Kier alpha value is -1.96. The zero-order valence-corrected chi connectivity index (χ0v) is 8.50. The van der Waals surface area contributed by atoms with Gasteiger partial charge in [0.1, 0.15) is 6.07 Å². The van der Waals surface area contributed by atoms with Crippen molar-refractivity contribution in [1.82, 2.24) is 0 Å². The summed E-state index contributed by atoms with van der Waals surface area (Å²) in [4.78, 5) is 10.8. The summed E-state index contributed by atoms with van der Waals surface area (Å²) in [6.07, 6.45) is -2.51. The number of carboxylic acids is 1. The van der Waals surface area contributed by atoms with Crippen molar-refractivity contribution in [3.8, 4) is 6.07 Å². The third-order valence-electron chi connectivity index (χ3n) is 2.28. The van der Waals surface area contributed by atoms with Gasteiger partial charge in [-0.1, -0.05) is 13.0 Å². The Morgan fingerprint density at radius 3 is 2.56 bits per heavy atom. The van der Waals surface area contributed by atoms with Crippen molar-refractivity contribution in [2.24, 2.45) is 0 Å². The third-order valence-corrected chi connectivity index (χ3v) is 2.28. The van der Waals surface area contributed by atoms with Gasteiger partial charge < -0.3 is 5.11 Å². The molecular weight excluding hydrogens is 216 g/mol. The van der Waals surface area contributed by atoms with Crippen LogP contribution >= 0.6 is 0 Å². The highest BCUT2D eigenvalue weighted by atomic mass is 19.3. The average Bonchev–Trinajstić information content (AvgIpc) is 2.26. The first-order valence-corrected chi connectivity index (χ1v) is 4.60. The van der Waals surface area contributed by atoms with Crippen molar-refractivity contribution in [3.05, 3.63) is 34.4 Å². The van der Waals surface area contributed by atoms with Crippen LogP contribution in [0.1, 0.15) is 40.4 Å². The predicted octanol–water partition coefficient (Wildman–Crippen LogP) is 2.76. The van der Waals surface area contributed by atoms with Crippen LogP contribution in [0.15, 0.2) is 12.1 Å². The van der Waals surface area contributed by atoms with E-state index in [0.29, 0.717) is 0 Å². The maximum Gasteiger partial charge on any atom is 0.337 e. The molecule has 0 amide bonds. The van der Waals surface area contributed by atoms with Crippen LogP contribution in [0, 0.1) is 11.3 Å². The van der Waals surface area contributed by atoms with Gasteiger partial charge in [-0.3, -0.25) is 0 Å². The Kier molecular flexibility index (Phi) is 3.56. The van der Waals surface area contributed by atoms with Crippen LogP contribution in [0.4, 0.5) is 8.78 Å². The van der Waals surface area contributed by atoms with Gasteiger partial charge in [0.25, 0.3) is 6.43 Å². The average molecular weight is 225 g/mol. The van der Waals surface area contributed by atoms with Gasteiger partial charge in [-0.2, -0.15) is 5.26 Å². The number of carbonyl (C=O) groups is 1. The summed E-state index contributed by atoms with van der Waals surface area (Å²) in [6, 6.07) is 3.78. The standard InChI is InChI=1S/C11H9F2NO2/c1-2-6-7(10(12)13)3-4-8(11(15)16)9(6)5-14/h3-4,10H,2H2,1H3,(H,15,16).